The van der Waals surface area contributed by atoms with Crippen molar-refractivity contribution in [2.24, 2.45) is 0 Å². The second-order valence-corrected chi connectivity index (χ2v) is 6.34. The normalized spacial score (nSPS) is 15.8. The van der Waals surface area contributed by atoms with Gasteiger partial charge in [0.15, 0.2) is 11.7 Å². The highest BCUT2D eigenvalue weighted by Crippen LogP contribution is 2.30. The molecule has 1 aliphatic rings. The minimum Gasteiger partial charge on any atom is -0.441 e. The molecule has 25 heavy (non-hydrogen) atoms. The van der Waals surface area contributed by atoms with Crippen molar-refractivity contribution >= 4 is 5.91 Å². The molecule has 4 heteroatoms. The summed E-state index contributed by atoms with van der Waals surface area (Å²) >= 11 is 0. The fourth-order valence-corrected chi connectivity index (χ4v) is 3.36. The largest absolute Gasteiger partial charge is 0.441 e. The van der Waals surface area contributed by atoms with Gasteiger partial charge < -0.3 is 9.73 Å². The lowest BCUT2D eigenvalue weighted by molar-refractivity contribution is -0.121. The van der Waals surface area contributed by atoms with E-state index in [4.69, 9.17) is 4.42 Å². The van der Waals surface area contributed by atoms with Crippen LogP contribution in [-0.2, 0) is 17.6 Å². The van der Waals surface area contributed by atoms with Gasteiger partial charge in [-0.15, -0.1) is 0 Å². The molecular formula is C21H20N2O2. The molecule has 2 aromatic carbocycles. The molecule has 1 aliphatic carbocycles. The first kappa shape index (κ1) is 15.6. The maximum atomic E-state index is 12.3. The van der Waals surface area contributed by atoms with Crippen LogP contribution < -0.4 is 5.32 Å². The van der Waals surface area contributed by atoms with Crippen LogP contribution in [0.25, 0.3) is 11.3 Å². The summed E-state index contributed by atoms with van der Waals surface area (Å²) in [5.41, 5.74) is 3.58. The molecule has 1 amide bonds. The number of carbonyl (C=O) groups excluding carboxylic acids is 1. The predicted molar refractivity (Wildman–Crippen MR) is 95.9 cm³/mol. The number of hydrogen-bond acceptors (Lipinski definition) is 3. The number of aromatic nitrogens is 1. The van der Waals surface area contributed by atoms with Crippen molar-refractivity contribution in [1.82, 2.24) is 10.3 Å². The number of amides is 1. The summed E-state index contributed by atoms with van der Waals surface area (Å²) in [4.78, 5) is 16.6. The van der Waals surface area contributed by atoms with Crippen LogP contribution >= 0.6 is 0 Å². The van der Waals surface area contributed by atoms with E-state index in [1.807, 2.05) is 36.4 Å². The Morgan fingerprint density at radius 1 is 1.12 bits per heavy atom. The second-order valence-electron chi connectivity index (χ2n) is 6.34. The summed E-state index contributed by atoms with van der Waals surface area (Å²) in [5.74, 6) is 1.38. The van der Waals surface area contributed by atoms with Gasteiger partial charge in [0.1, 0.15) is 0 Å². The first-order valence-corrected chi connectivity index (χ1v) is 8.67. The van der Waals surface area contributed by atoms with Crippen LogP contribution in [0.4, 0.5) is 0 Å². The average molecular weight is 332 g/mol. The first-order valence-electron chi connectivity index (χ1n) is 8.67. The van der Waals surface area contributed by atoms with E-state index >= 15 is 0 Å². The molecule has 0 saturated heterocycles. The van der Waals surface area contributed by atoms with Gasteiger partial charge in [-0.25, -0.2) is 4.98 Å². The predicted octanol–water partition coefficient (Wildman–Crippen LogP) is 4.08. The van der Waals surface area contributed by atoms with Crippen molar-refractivity contribution in [3.05, 3.63) is 77.8 Å². The molecular weight excluding hydrogens is 312 g/mol. The monoisotopic (exact) mass is 332 g/mol. The molecule has 0 spiro atoms. The van der Waals surface area contributed by atoms with Crippen molar-refractivity contribution in [3.63, 3.8) is 0 Å². The molecule has 1 heterocycles. The van der Waals surface area contributed by atoms with Gasteiger partial charge in [0.05, 0.1) is 12.2 Å². The van der Waals surface area contributed by atoms with Gasteiger partial charge in [-0.05, 0) is 24.0 Å². The third kappa shape index (κ3) is 3.48. The molecule has 0 radical (unpaired) electrons. The Labute approximate surface area is 146 Å². The maximum absolute atomic E-state index is 12.3. The van der Waals surface area contributed by atoms with Gasteiger partial charge >= 0.3 is 0 Å². The van der Waals surface area contributed by atoms with E-state index in [1.165, 1.54) is 11.1 Å². The molecule has 0 bridgehead atoms. The SMILES string of the molecule is O=C(CCc1ncc(-c2ccccc2)o1)NC1CCc2ccccc21. The fourth-order valence-electron chi connectivity index (χ4n) is 3.36. The third-order valence-electron chi connectivity index (χ3n) is 4.65. The molecule has 4 rings (SSSR count). The zero-order chi connectivity index (χ0) is 17.1. The van der Waals surface area contributed by atoms with Gasteiger partial charge in [0.25, 0.3) is 0 Å². The summed E-state index contributed by atoms with van der Waals surface area (Å²) in [6.45, 7) is 0. The van der Waals surface area contributed by atoms with Crippen LogP contribution in [0.15, 0.2) is 65.2 Å². The number of fused-ring (bicyclic) bond motifs is 1. The Morgan fingerprint density at radius 3 is 2.80 bits per heavy atom. The number of hydrogen-bond donors (Lipinski definition) is 1. The highest BCUT2D eigenvalue weighted by Gasteiger charge is 2.23. The molecule has 0 fully saturated rings. The van der Waals surface area contributed by atoms with Crippen molar-refractivity contribution in [3.8, 4) is 11.3 Å². The van der Waals surface area contributed by atoms with Crippen LogP contribution in [0.2, 0.25) is 0 Å². The fraction of sp³-hybridized carbons (Fsp3) is 0.238. The average Bonchev–Trinajstić information content (AvgIpc) is 3.28. The molecule has 126 valence electrons. The van der Waals surface area contributed by atoms with Gasteiger partial charge in [0, 0.05) is 18.4 Å². The van der Waals surface area contributed by atoms with E-state index < -0.39 is 0 Å². The van der Waals surface area contributed by atoms with Gasteiger partial charge in [-0.3, -0.25) is 4.79 Å². The van der Waals surface area contributed by atoms with Crippen molar-refractivity contribution in [2.75, 3.05) is 0 Å². The van der Waals surface area contributed by atoms with E-state index in [2.05, 4.69) is 28.5 Å². The Balaban J connectivity index is 1.33. The molecule has 1 unspecified atom stereocenters. The quantitative estimate of drug-likeness (QED) is 0.766. The summed E-state index contributed by atoms with van der Waals surface area (Å²) in [6, 6.07) is 18.3. The number of benzene rings is 2. The van der Waals surface area contributed by atoms with Gasteiger partial charge in [-0.1, -0.05) is 54.6 Å². The lowest BCUT2D eigenvalue weighted by Gasteiger charge is -2.13. The summed E-state index contributed by atoms with van der Waals surface area (Å²) in [7, 11) is 0. The van der Waals surface area contributed by atoms with E-state index in [0.29, 0.717) is 18.7 Å². The summed E-state index contributed by atoms with van der Waals surface area (Å²) < 4.78 is 5.76. The Bertz CT molecular complexity index is 870. The number of aryl methyl sites for hydroxylation is 2. The van der Waals surface area contributed by atoms with Crippen molar-refractivity contribution in [2.45, 2.75) is 31.7 Å². The smallest absolute Gasteiger partial charge is 0.220 e. The first-order chi connectivity index (χ1) is 12.3. The topological polar surface area (TPSA) is 55.1 Å². The van der Waals surface area contributed by atoms with Crippen molar-refractivity contribution in [1.29, 1.82) is 0 Å². The minimum atomic E-state index is 0.0427. The highest BCUT2D eigenvalue weighted by atomic mass is 16.4. The lowest BCUT2D eigenvalue weighted by Crippen LogP contribution is -2.27. The number of carbonyl (C=O) groups is 1. The number of nitrogens with one attached hydrogen (secondary N) is 1. The summed E-state index contributed by atoms with van der Waals surface area (Å²) in [6.07, 6.45) is 4.61. The molecule has 1 aromatic heterocycles. The van der Waals surface area contributed by atoms with E-state index in [1.54, 1.807) is 6.20 Å². The van der Waals surface area contributed by atoms with Crippen LogP contribution in [0.5, 0.6) is 0 Å². The molecule has 1 N–H and O–H groups in total. The second kappa shape index (κ2) is 6.93. The highest BCUT2D eigenvalue weighted by molar-refractivity contribution is 5.76. The molecule has 0 saturated carbocycles. The van der Waals surface area contributed by atoms with Crippen LogP contribution in [-0.4, -0.2) is 10.9 Å². The number of rotatable bonds is 5. The maximum Gasteiger partial charge on any atom is 0.220 e. The Morgan fingerprint density at radius 2 is 1.92 bits per heavy atom. The van der Waals surface area contributed by atoms with Crippen LogP contribution in [0.1, 0.15) is 35.9 Å². The molecule has 1 atom stereocenters. The van der Waals surface area contributed by atoms with Gasteiger partial charge in [-0.2, -0.15) is 0 Å². The molecule has 4 nitrogen and oxygen atoms in total. The standard InChI is InChI=1S/C21H20N2O2/c24-20(23-18-11-10-15-6-4-5-9-17(15)18)12-13-21-22-14-19(25-21)16-7-2-1-3-8-16/h1-9,14,18H,10-13H2,(H,23,24). The van der Waals surface area contributed by atoms with Gasteiger partial charge in [0.2, 0.25) is 5.91 Å². The Kier molecular flexibility index (Phi) is 4.34. The van der Waals surface area contributed by atoms with Crippen LogP contribution in [0.3, 0.4) is 0 Å². The van der Waals surface area contributed by atoms with Crippen LogP contribution in [0, 0.1) is 0 Å². The molecule has 0 aliphatic heterocycles. The number of nitrogens with zero attached hydrogens (tertiary/aromatic N) is 1. The van der Waals surface area contributed by atoms with E-state index in [0.717, 1.165) is 24.2 Å². The minimum absolute atomic E-state index is 0.0427. The van der Waals surface area contributed by atoms with E-state index in [9.17, 15) is 4.79 Å². The zero-order valence-corrected chi connectivity index (χ0v) is 13.9. The zero-order valence-electron chi connectivity index (χ0n) is 13.9. The number of oxazole rings is 1. The molecule has 3 aromatic rings. The third-order valence-corrected chi connectivity index (χ3v) is 4.65. The summed E-state index contributed by atoms with van der Waals surface area (Å²) in [5, 5.41) is 3.14. The Hall–Kier alpha value is -2.88. The van der Waals surface area contributed by atoms with E-state index in [-0.39, 0.29) is 11.9 Å². The van der Waals surface area contributed by atoms with Crippen molar-refractivity contribution < 1.29 is 9.21 Å². The lowest BCUT2D eigenvalue weighted by atomic mass is 10.1.